The monoisotopic (exact) mass is 384 g/mol. The molecule has 1 fully saturated rings. The van der Waals surface area contributed by atoms with E-state index < -0.39 is 0 Å². The number of likely N-dealkylation sites (tertiary alicyclic amines) is 1. The van der Waals surface area contributed by atoms with E-state index in [1.807, 2.05) is 29.4 Å². The van der Waals surface area contributed by atoms with Crippen molar-refractivity contribution in [2.24, 2.45) is 5.92 Å². The highest BCUT2D eigenvalue weighted by Gasteiger charge is 2.25. The fraction of sp³-hybridized carbons (Fsp3) is 0.400. The Hall–Kier alpha value is -2.41. The summed E-state index contributed by atoms with van der Waals surface area (Å²) in [5.74, 6) is 0.466. The van der Waals surface area contributed by atoms with Gasteiger partial charge in [-0.1, -0.05) is 6.07 Å². The summed E-state index contributed by atoms with van der Waals surface area (Å²) in [6, 6.07) is 7.38. The fourth-order valence-electron chi connectivity index (χ4n) is 3.24. The Balaban J connectivity index is 1.45. The minimum atomic E-state index is 0.0153. The molecule has 0 bridgehead atoms. The minimum Gasteiger partial charge on any atom is -0.356 e. The number of thioether (sulfide) groups is 1. The number of piperidine rings is 1. The number of nitrogens with zero attached hydrogens (tertiary/aromatic N) is 3. The standard InChI is InChI=1S/C20H24N4O2S/c1-27-19-17(5-3-9-22-19)20(26)24-10-6-15(7-11-24)14-23-18(25)12-16-4-2-8-21-13-16/h2-5,8-9,13,15H,6-7,10-12,14H2,1H3,(H,23,25). The van der Waals surface area contributed by atoms with E-state index in [1.54, 1.807) is 24.7 Å². The van der Waals surface area contributed by atoms with Crippen LogP contribution in [0, 0.1) is 5.92 Å². The number of rotatable bonds is 6. The highest BCUT2D eigenvalue weighted by atomic mass is 32.2. The molecule has 2 amide bonds. The van der Waals surface area contributed by atoms with Gasteiger partial charge in [-0.15, -0.1) is 11.8 Å². The third-order valence-electron chi connectivity index (χ3n) is 4.77. The van der Waals surface area contributed by atoms with Crippen LogP contribution in [0.2, 0.25) is 0 Å². The van der Waals surface area contributed by atoms with Crippen LogP contribution in [-0.4, -0.2) is 52.6 Å². The van der Waals surface area contributed by atoms with Crippen LogP contribution >= 0.6 is 11.8 Å². The Labute approximate surface area is 163 Å². The number of pyridine rings is 2. The lowest BCUT2D eigenvalue weighted by Gasteiger charge is -2.32. The third-order valence-corrected chi connectivity index (χ3v) is 5.48. The second kappa shape index (κ2) is 9.50. The molecule has 1 N–H and O–H groups in total. The molecule has 3 heterocycles. The lowest BCUT2D eigenvalue weighted by Crippen LogP contribution is -2.42. The van der Waals surface area contributed by atoms with Crippen molar-refractivity contribution in [1.29, 1.82) is 0 Å². The van der Waals surface area contributed by atoms with Crippen molar-refractivity contribution in [3.8, 4) is 0 Å². The summed E-state index contributed by atoms with van der Waals surface area (Å²) in [7, 11) is 0. The summed E-state index contributed by atoms with van der Waals surface area (Å²) in [4.78, 5) is 35.0. The van der Waals surface area contributed by atoms with Crippen molar-refractivity contribution in [2.75, 3.05) is 25.9 Å². The Morgan fingerprint density at radius 3 is 2.70 bits per heavy atom. The number of nitrogens with one attached hydrogen (secondary N) is 1. The highest BCUT2D eigenvalue weighted by molar-refractivity contribution is 7.98. The summed E-state index contributed by atoms with van der Waals surface area (Å²) in [5.41, 5.74) is 1.59. The number of carbonyl (C=O) groups is 2. The quantitative estimate of drug-likeness (QED) is 0.774. The van der Waals surface area contributed by atoms with Crippen LogP contribution < -0.4 is 5.32 Å². The zero-order valence-electron chi connectivity index (χ0n) is 15.4. The van der Waals surface area contributed by atoms with Gasteiger partial charge in [-0.05, 0) is 48.8 Å². The van der Waals surface area contributed by atoms with Crippen molar-refractivity contribution in [1.82, 2.24) is 20.2 Å². The van der Waals surface area contributed by atoms with Gasteiger partial charge in [0.15, 0.2) is 0 Å². The Morgan fingerprint density at radius 2 is 2.00 bits per heavy atom. The summed E-state index contributed by atoms with van der Waals surface area (Å²) in [6.07, 6.45) is 9.20. The summed E-state index contributed by atoms with van der Waals surface area (Å²) >= 11 is 1.49. The second-order valence-electron chi connectivity index (χ2n) is 6.64. The van der Waals surface area contributed by atoms with Crippen LogP contribution in [0.15, 0.2) is 47.9 Å². The van der Waals surface area contributed by atoms with Crippen molar-refractivity contribution in [3.63, 3.8) is 0 Å². The van der Waals surface area contributed by atoms with Crippen LogP contribution in [-0.2, 0) is 11.2 Å². The molecule has 1 saturated heterocycles. The van der Waals surface area contributed by atoms with Gasteiger partial charge in [0, 0.05) is 38.2 Å². The van der Waals surface area contributed by atoms with Crippen LogP contribution in [0.5, 0.6) is 0 Å². The number of hydrogen-bond acceptors (Lipinski definition) is 5. The Morgan fingerprint density at radius 1 is 1.22 bits per heavy atom. The van der Waals surface area contributed by atoms with Gasteiger partial charge >= 0.3 is 0 Å². The van der Waals surface area contributed by atoms with Crippen molar-refractivity contribution < 1.29 is 9.59 Å². The van der Waals surface area contributed by atoms with Gasteiger partial charge in [0.25, 0.3) is 5.91 Å². The first kappa shape index (κ1) is 19.4. The molecule has 0 aromatic carbocycles. The third kappa shape index (κ3) is 5.29. The summed E-state index contributed by atoms with van der Waals surface area (Å²) in [6.45, 7) is 2.08. The van der Waals surface area contributed by atoms with Crippen molar-refractivity contribution in [3.05, 3.63) is 54.0 Å². The molecule has 7 heteroatoms. The van der Waals surface area contributed by atoms with Crippen LogP contribution in [0.25, 0.3) is 0 Å². The molecule has 6 nitrogen and oxygen atoms in total. The first-order valence-corrected chi connectivity index (χ1v) is 10.3. The largest absolute Gasteiger partial charge is 0.356 e. The zero-order chi connectivity index (χ0) is 19.1. The molecule has 0 unspecified atom stereocenters. The van der Waals surface area contributed by atoms with E-state index in [-0.39, 0.29) is 11.8 Å². The number of hydrogen-bond donors (Lipinski definition) is 1. The lowest BCUT2D eigenvalue weighted by atomic mass is 9.96. The Kier molecular flexibility index (Phi) is 6.81. The van der Waals surface area contributed by atoms with E-state index in [9.17, 15) is 9.59 Å². The van der Waals surface area contributed by atoms with E-state index in [0.29, 0.717) is 37.5 Å². The smallest absolute Gasteiger partial charge is 0.256 e. The first-order chi connectivity index (χ1) is 13.2. The van der Waals surface area contributed by atoms with Gasteiger partial charge in [0.05, 0.1) is 12.0 Å². The molecule has 2 aromatic heterocycles. The fourth-order valence-corrected chi connectivity index (χ4v) is 3.78. The minimum absolute atomic E-state index is 0.0153. The summed E-state index contributed by atoms with van der Waals surface area (Å²) < 4.78 is 0. The molecule has 0 aliphatic carbocycles. The molecule has 0 atom stereocenters. The average Bonchev–Trinajstić information content (AvgIpc) is 2.73. The van der Waals surface area contributed by atoms with Gasteiger partial charge in [-0.3, -0.25) is 14.6 Å². The van der Waals surface area contributed by atoms with Gasteiger partial charge in [0.1, 0.15) is 5.03 Å². The van der Waals surface area contributed by atoms with Crippen LogP contribution in [0.4, 0.5) is 0 Å². The van der Waals surface area contributed by atoms with Gasteiger partial charge in [-0.2, -0.15) is 0 Å². The Bertz CT molecular complexity index is 777. The SMILES string of the molecule is CSc1ncccc1C(=O)N1CCC(CNC(=O)Cc2cccnc2)CC1. The molecule has 2 aromatic rings. The van der Waals surface area contributed by atoms with E-state index in [0.717, 1.165) is 23.4 Å². The van der Waals surface area contributed by atoms with Gasteiger partial charge in [-0.25, -0.2) is 4.98 Å². The molecule has 0 saturated carbocycles. The summed E-state index contributed by atoms with van der Waals surface area (Å²) in [5, 5.41) is 3.78. The number of aromatic nitrogens is 2. The average molecular weight is 385 g/mol. The maximum Gasteiger partial charge on any atom is 0.256 e. The van der Waals surface area contributed by atoms with Crippen molar-refractivity contribution >= 4 is 23.6 Å². The first-order valence-electron chi connectivity index (χ1n) is 9.11. The molecule has 1 aliphatic rings. The second-order valence-corrected chi connectivity index (χ2v) is 7.43. The molecule has 1 aliphatic heterocycles. The highest BCUT2D eigenvalue weighted by Crippen LogP contribution is 2.22. The molecule has 0 spiro atoms. The van der Waals surface area contributed by atoms with E-state index in [1.165, 1.54) is 11.8 Å². The number of amides is 2. The lowest BCUT2D eigenvalue weighted by molar-refractivity contribution is -0.120. The molecular formula is C20H24N4O2S. The van der Waals surface area contributed by atoms with Gasteiger partial charge in [0.2, 0.25) is 5.91 Å². The van der Waals surface area contributed by atoms with Crippen molar-refractivity contribution in [2.45, 2.75) is 24.3 Å². The van der Waals surface area contributed by atoms with E-state index in [2.05, 4.69) is 15.3 Å². The molecule has 0 radical (unpaired) electrons. The zero-order valence-corrected chi connectivity index (χ0v) is 16.2. The number of carbonyl (C=O) groups excluding carboxylic acids is 2. The van der Waals surface area contributed by atoms with E-state index in [4.69, 9.17) is 0 Å². The van der Waals surface area contributed by atoms with Crippen LogP contribution in [0.1, 0.15) is 28.8 Å². The normalized spacial score (nSPS) is 14.8. The van der Waals surface area contributed by atoms with Crippen LogP contribution in [0.3, 0.4) is 0 Å². The van der Waals surface area contributed by atoms with E-state index >= 15 is 0 Å². The predicted molar refractivity (Wildman–Crippen MR) is 106 cm³/mol. The van der Waals surface area contributed by atoms with Gasteiger partial charge < -0.3 is 10.2 Å². The molecule has 142 valence electrons. The molecule has 3 rings (SSSR count). The topological polar surface area (TPSA) is 75.2 Å². The molecule has 27 heavy (non-hydrogen) atoms. The maximum absolute atomic E-state index is 12.8. The maximum atomic E-state index is 12.8. The predicted octanol–water partition coefficient (Wildman–Crippen LogP) is 2.41. The molecular weight excluding hydrogens is 360 g/mol.